The molecule has 3 heteroatoms. The average molecular weight is 220 g/mol. The van der Waals surface area contributed by atoms with E-state index in [4.69, 9.17) is 9.47 Å². The molecule has 3 nitrogen and oxygen atoms in total. The van der Waals surface area contributed by atoms with Gasteiger partial charge in [0.05, 0.1) is 12.0 Å². The predicted molar refractivity (Wildman–Crippen MR) is 58.8 cm³/mol. The number of allylic oxidation sites excluding steroid dienone is 3. The Kier molecular flexibility index (Phi) is 2.56. The van der Waals surface area contributed by atoms with E-state index in [2.05, 4.69) is 12.2 Å². The van der Waals surface area contributed by atoms with E-state index in [0.29, 0.717) is 12.5 Å². The van der Waals surface area contributed by atoms with Gasteiger partial charge in [-0.2, -0.15) is 0 Å². The molecule has 1 saturated heterocycles. The molecule has 0 amide bonds. The van der Waals surface area contributed by atoms with Crippen molar-refractivity contribution in [3.05, 3.63) is 23.8 Å². The molecular weight excluding hydrogens is 204 g/mol. The maximum Gasteiger partial charge on any atom is 0.313 e. The lowest BCUT2D eigenvalue weighted by Gasteiger charge is -2.16. The van der Waals surface area contributed by atoms with Gasteiger partial charge < -0.3 is 9.47 Å². The molecule has 0 N–H and O–H groups in total. The highest BCUT2D eigenvalue weighted by Crippen LogP contribution is 2.38. The van der Waals surface area contributed by atoms with Gasteiger partial charge in [0.1, 0.15) is 6.61 Å². The molecule has 0 aromatic carbocycles. The third kappa shape index (κ3) is 1.80. The summed E-state index contributed by atoms with van der Waals surface area (Å²) in [5.41, 5.74) is 1.28. The van der Waals surface area contributed by atoms with Crippen molar-refractivity contribution in [2.75, 3.05) is 13.2 Å². The van der Waals surface area contributed by atoms with E-state index in [1.807, 2.05) is 6.08 Å². The van der Waals surface area contributed by atoms with Crippen LogP contribution in [0.5, 0.6) is 0 Å². The fourth-order valence-electron chi connectivity index (χ4n) is 2.67. The number of rotatable bonds is 3. The Balaban J connectivity index is 1.51. The van der Waals surface area contributed by atoms with Gasteiger partial charge in [-0.05, 0) is 25.2 Å². The molecule has 0 radical (unpaired) electrons. The van der Waals surface area contributed by atoms with Gasteiger partial charge in [0, 0.05) is 6.61 Å². The molecule has 1 fully saturated rings. The van der Waals surface area contributed by atoms with E-state index in [1.165, 1.54) is 5.57 Å². The fraction of sp³-hybridized carbons (Fsp3) is 0.615. The van der Waals surface area contributed by atoms with Gasteiger partial charge in [0.15, 0.2) is 0 Å². The Morgan fingerprint density at radius 2 is 2.50 bits per heavy atom. The normalized spacial score (nSPS) is 35.5. The van der Waals surface area contributed by atoms with Crippen molar-refractivity contribution in [1.29, 1.82) is 0 Å². The monoisotopic (exact) mass is 220 g/mol. The second-order valence-corrected chi connectivity index (χ2v) is 4.76. The van der Waals surface area contributed by atoms with Crippen LogP contribution in [0.1, 0.15) is 19.3 Å². The first kappa shape index (κ1) is 10.1. The quantitative estimate of drug-likeness (QED) is 0.681. The Labute approximate surface area is 95.1 Å². The Hall–Kier alpha value is -1.09. The molecule has 1 aliphatic heterocycles. The summed E-state index contributed by atoms with van der Waals surface area (Å²) in [7, 11) is 0. The summed E-state index contributed by atoms with van der Waals surface area (Å²) in [5.74, 6) is 0.230. The summed E-state index contributed by atoms with van der Waals surface area (Å²) in [6.07, 6.45) is 9.51. The first-order valence-corrected chi connectivity index (χ1v) is 6.00. The van der Waals surface area contributed by atoms with Crippen LogP contribution >= 0.6 is 0 Å². The van der Waals surface area contributed by atoms with Crippen LogP contribution in [0.3, 0.4) is 0 Å². The van der Waals surface area contributed by atoms with E-state index in [1.54, 1.807) is 0 Å². The van der Waals surface area contributed by atoms with Crippen LogP contribution in [-0.4, -0.2) is 25.3 Å². The van der Waals surface area contributed by atoms with Crippen LogP contribution < -0.4 is 0 Å². The number of hydrogen-bond donors (Lipinski definition) is 0. The number of fused-ring (bicyclic) bond motifs is 2. The molecular formula is C13H16O3. The van der Waals surface area contributed by atoms with Crippen molar-refractivity contribution < 1.29 is 14.3 Å². The summed E-state index contributed by atoms with van der Waals surface area (Å²) in [5, 5.41) is 0. The number of carbonyl (C=O) groups is 1. The second kappa shape index (κ2) is 4.06. The first-order chi connectivity index (χ1) is 7.83. The Morgan fingerprint density at radius 1 is 1.56 bits per heavy atom. The average Bonchev–Trinajstić information content (AvgIpc) is 3.01. The molecule has 3 atom stereocenters. The SMILES string of the molecule is O=C(OCC1CCCO1)C1C=C2C=CC1C2. The molecule has 2 aliphatic carbocycles. The minimum atomic E-state index is -0.0835. The molecule has 1 heterocycles. The van der Waals surface area contributed by atoms with Gasteiger partial charge in [-0.15, -0.1) is 0 Å². The fourth-order valence-corrected chi connectivity index (χ4v) is 2.67. The molecule has 16 heavy (non-hydrogen) atoms. The largest absolute Gasteiger partial charge is 0.462 e. The lowest BCUT2D eigenvalue weighted by molar-refractivity contribution is -0.150. The maximum atomic E-state index is 11.8. The predicted octanol–water partition coefficient (Wildman–Crippen LogP) is 1.84. The van der Waals surface area contributed by atoms with Crippen molar-refractivity contribution >= 4 is 5.97 Å². The van der Waals surface area contributed by atoms with Crippen LogP contribution in [0, 0.1) is 11.8 Å². The topological polar surface area (TPSA) is 35.5 Å². The van der Waals surface area contributed by atoms with Crippen LogP contribution in [-0.2, 0) is 14.3 Å². The third-order valence-electron chi connectivity index (χ3n) is 3.59. The highest BCUT2D eigenvalue weighted by Gasteiger charge is 2.35. The van der Waals surface area contributed by atoms with Gasteiger partial charge in [-0.3, -0.25) is 4.79 Å². The molecule has 0 aromatic heterocycles. The van der Waals surface area contributed by atoms with Crippen molar-refractivity contribution in [3.8, 4) is 0 Å². The van der Waals surface area contributed by atoms with Gasteiger partial charge in [0.2, 0.25) is 0 Å². The van der Waals surface area contributed by atoms with Crippen molar-refractivity contribution in [2.24, 2.45) is 11.8 Å². The van der Waals surface area contributed by atoms with Gasteiger partial charge >= 0.3 is 5.97 Å². The zero-order valence-corrected chi connectivity index (χ0v) is 9.22. The number of hydrogen-bond acceptors (Lipinski definition) is 3. The zero-order chi connectivity index (χ0) is 11.0. The second-order valence-electron chi connectivity index (χ2n) is 4.76. The van der Waals surface area contributed by atoms with Crippen molar-refractivity contribution in [3.63, 3.8) is 0 Å². The highest BCUT2D eigenvalue weighted by atomic mass is 16.6. The summed E-state index contributed by atoms with van der Waals surface area (Å²) in [6.45, 7) is 1.23. The summed E-state index contributed by atoms with van der Waals surface area (Å²) >= 11 is 0. The molecule has 86 valence electrons. The Morgan fingerprint density at radius 3 is 3.12 bits per heavy atom. The maximum absolute atomic E-state index is 11.8. The highest BCUT2D eigenvalue weighted by molar-refractivity contribution is 5.77. The smallest absolute Gasteiger partial charge is 0.313 e. The van der Waals surface area contributed by atoms with E-state index in [0.717, 1.165) is 25.9 Å². The minimum Gasteiger partial charge on any atom is -0.462 e. The van der Waals surface area contributed by atoms with E-state index >= 15 is 0 Å². The molecule has 0 aromatic rings. The van der Waals surface area contributed by atoms with Crippen LogP contribution in [0.2, 0.25) is 0 Å². The van der Waals surface area contributed by atoms with Crippen molar-refractivity contribution in [2.45, 2.75) is 25.4 Å². The standard InChI is InChI=1S/C13H16O3/c14-13(16-8-11-2-1-5-15-11)12-7-9-3-4-10(12)6-9/h3-4,7,10-12H,1-2,5-6,8H2. The third-order valence-corrected chi connectivity index (χ3v) is 3.59. The lowest BCUT2D eigenvalue weighted by Crippen LogP contribution is -2.24. The number of ether oxygens (including phenoxy) is 2. The van der Waals surface area contributed by atoms with Gasteiger partial charge in [-0.25, -0.2) is 0 Å². The van der Waals surface area contributed by atoms with Crippen LogP contribution in [0.25, 0.3) is 0 Å². The van der Waals surface area contributed by atoms with Crippen LogP contribution in [0.4, 0.5) is 0 Å². The van der Waals surface area contributed by atoms with Gasteiger partial charge in [0.25, 0.3) is 0 Å². The number of esters is 1. The minimum absolute atomic E-state index is 0.0404. The molecule has 2 bridgehead atoms. The first-order valence-electron chi connectivity index (χ1n) is 6.00. The van der Waals surface area contributed by atoms with E-state index in [9.17, 15) is 4.79 Å². The molecule has 0 spiro atoms. The zero-order valence-electron chi connectivity index (χ0n) is 9.22. The molecule has 3 aliphatic rings. The molecule has 0 saturated carbocycles. The van der Waals surface area contributed by atoms with Gasteiger partial charge in [-0.1, -0.05) is 23.8 Å². The lowest BCUT2D eigenvalue weighted by atomic mass is 9.96. The summed E-state index contributed by atoms with van der Waals surface area (Å²) in [4.78, 5) is 11.8. The van der Waals surface area contributed by atoms with E-state index in [-0.39, 0.29) is 18.0 Å². The molecule has 3 rings (SSSR count). The van der Waals surface area contributed by atoms with E-state index < -0.39 is 0 Å². The van der Waals surface area contributed by atoms with Crippen molar-refractivity contribution in [1.82, 2.24) is 0 Å². The Bertz CT molecular complexity index is 350. The molecule has 3 unspecified atom stereocenters. The van der Waals surface area contributed by atoms with Crippen LogP contribution in [0.15, 0.2) is 23.8 Å². The number of carbonyl (C=O) groups excluding carboxylic acids is 1. The summed E-state index contributed by atoms with van der Waals surface area (Å²) in [6, 6.07) is 0. The summed E-state index contributed by atoms with van der Waals surface area (Å²) < 4.78 is 10.7.